The number of methoxy groups -OCH3 is 1. The van der Waals surface area contributed by atoms with Gasteiger partial charge in [-0.3, -0.25) is 14.4 Å². The Kier molecular flexibility index (Phi) is 14.4. The molecule has 248 valence electrons. The van der Waals surface area contributed by atoms with E-state index in [9.17, 15) is 22.8 Å². The van der Waals surface area contributed by atoms with E-state index >= 15 is 0 Å². The lowest BCUT2D eigenvalue weighted by Crippen LogP contribution is -2.35. The number of aryl methyl sites for hydroxylation is 4. The number of hydrogen-bond acceptors (Lipinski definition) is 10. The number of pyridine rings is 1. The molecule has 1 aliphatic rings. The van der Waals surface area contributed by atoms with Crippen LogP contribution in [0.15, 0.2) is 29.2 Å². The summed E-state index contributed by atoms with van der Waals surface area (Å²) in [6.45, 7) is 4.82. The van der Waals surface area contributed by atoms with E-state index in [1.54, 1.807) is 26.0 Å². The first-order chi connectivity index (χ1) is 21.5. The second kappa shape index (κ2) is 18.0. The third-order valence-corrected chi connectivity index (χ3v) is 9.58. The van der Waals surface area contributed by atoms with Crippen molar-refractivity contribution < 1.29 is 32.3 Å². The van der Waals surface area contributed by atoms with Crippen LogP contribution in [0.4, 0.5) is 5.82 Å². The van der Waals surface area contributed by atoms with Gasteiger partial charge in [-0.2, -0.15) is 0 Å². The maximum Gasteiger partial charge on any atom is 0.310 e. The topological polar surface area (TPSA) is 167 Å². The van der Waals surface area contributed by atoms with E-state index in [-0.39, 0.29) is 35.8 Å². The molecule has 1 unspecified atom stereocenters. The zero-order valence-corrected chi connectivity index (χ0v) is 27.6. The highest BCUT2D eigenvalue weighted by Gasteiger charge is 2.27. The van der Waals surface area contributed by atoms with Crippen molar-refractivity contribution in [1.29, 1.82) is 0 Å². The first-order valence-corrected chi connectivity index (χ1v) is 17.3. The zero-order valence-electron chi connectivity index (χ0n) is 26.8. The minimum atomic E-state index is -4.01. The number of esters is 1. The number of benzene rings is 1. The van der Waals surface area contributed by atoms with E-state index < -0.39 is 21.9 Å². The second-order valence-electron chi connectivity index (χ2n) is 11.6. The molecule has 1 aromatic carbocycles. The van der Waals surface area contributed by atoms with Crippen LogP contribution in [-0.2, 0) is 42.0 Å². The zero-order chi connectivity index (χ0) is 32.8. The summed E-state index contributed by atoms with van der Waals surface area (Å²) in [6.07, 6.45) is 6.57. The molecular weight excluding hydrogens is 596 g/mol. The van der Waals surface area contributed by atoms with Gasteiger partial charge >= 0.3 is 5.97 Å². The van der Waals surface area contributed by atoms with E-state index in [0.717, 1.165) is 43.7 Å². The molecule has 3 rings (SSSR count). The number of ketones is 2. The Balaban J connectivity index is 1.49. The van der Waals surface area contributed by atoms with Gasteiger partial charge in [-0.15, -0.1) is 0 Å². The Bertz CT molecular complexity index is 1410. The highest BCUT2D eigenvalue weighted by Crippen LogP contribution is 2.26. The lowest BCUT2D eigenvalue weighted by atomic mass is 9.99. The SMILES string of the molecule is COC(=O)C(CNS(=O)(=O)c1c(C)cc(OCCCC(=O)CCCN)cc1C)CC(=O)CCCCc1ccc2c(n1)NCCC2. The molecule has 2 aromatic rings. The van der Waals surface area contributed by atoms with Crippen molar-refractivity contribution in [3.8, 4) is 5.75 Å². The Hall–Kier alpha value is -3.35. The molecule has 0 radical (unpaired) electrons. The van der Waals surface area contributed by atoms with Gasteiger partial charge in [0.1, 0.15) is 23.1 Å². The number of Topliss-reactive ketones (excluding diaryl/α,β-unsaturated/α-hetero) is 2. The number of anilines is 1. The summed E-state index contributed by atoms with van der Waals surface area (Å²) in [7, 11) is -2.79. The van der Waals surface area contributed by atoms with Crippen LogP contribution in [0.2, 0.25) is 0 Å². The molecule has 45 heavy (non-hydrogen) atoms. The number of sulfonamides is 1. The summed E-state index contributed by atoms with van der Waals surface area (Å²) >= 11 is 0. The van der Waals surface area contributed by atoms with Crippen LogP contribution in [-0.4, -0.2) is 64.3 Å². The Morgan fingerprint density at radius 2 is 1.73 bits per heavy atom. The number of aromatic nitrogens is 1. The molecule has 0 bridgehead atoms. The fraction of sp³-hybridized carbons (Fsp3) is 0.576. The summed E-state index contributed by atoms with van der Waals surface area (Å²) in [6, 6.07) is 7.42. The highest BCUT2D eigenvalue weighted by atomic mass is 32.2. The molecule has 4 N–H and O–H groups in total. The summed E-state index contributed by atoms with van der Waals surface area (Å²) in [5.41, 5.74) is 8.61. The number of unbranched alkanes of at least 4 members (excludes halogenated alkanes) is 1. The van der Waals surface area contributed by atoms with Crippen molar-refractivity contribution in [3.05, 3.63) is 46.6 Å². The van der Waals surface area contributed by atoms with E-state index in [2.05, 4.69) is 21.1 Å². The standard InChI is InChI=1S/C33H48N4O7S/c1-23-19-30(44-18-8-13-28(38)12-6-16-34)20-24(2)31(23)45(41,42)36-22-26(33(40)43-3)21-29(39)11-5-4-10-27-15-14-25-9-7-17-35-32(25)37-27/h14-15,19-20,26,36H,4-13,16-18,21-22,34H2,1-3H3,(H,35,37). The van der Waals surface area contributed by atoms with Crippen molar-refractivity contribution >= 4 is 33.4 Å². The van der Waals surface area contributed by atoms with Crippen LogP contribution in [0, 0.1) is 19.8 Å². The van der Waals surface area contributed by atoms with Crippen molar-refractivity contribution in [2.45, 2.75) is 89.4 Å². The average molecular weight is 645 g/mol. The van der Waals surface area contributed by atoms with Crippen LogP contribution in [0.1, 0.15) is 80.2 Å². The van der Waals surface area contributed by atoms with Gasteiger partial charge in [0, 0.05) is 44.5 Å². The summed E-state index contributed by atoms with van der Waals surface area (Å²) < 4.78 is 39.7. The van der Waals surface area contributed by atoms with Gasteiger partial charge in [-0.1, -0.05) is 6.07 Å². The van der Waals surface area contributed by atoms with E-state index in [4.69, 9.17) is 15.2 Å². The van der Waals surface area contributed by atoms with Gasteiger partial charge in [-0.25, -0.2) is 18.1 Å². The predicted octanol–water partition coefficient (Wildman–Crippen LogP) is 3.96. The number of carbonyl (C=O) groups is 3. The fourth-order valence-corrected chi connectivity index (χ4v) is 7.03. The Labute approximate surface area is 267 Å². The van der Waals surface area contributed by atoms with E-state index in [1.165, 1.54) is 12.7 Å². The summed E-state index contributed by atoms with van der Waals surface area (Å²) in [5.74, 6) is -0.106. The van der Waals surface area contributed by atoms with Gasteiger partial charge in [0.15, 0.2) is 0 Å². The molecule has 0 spiro atoms. The number of rotatable bonds is 20. The molecule has 0 aliphatic carbocycles. The number of carbonyl (C=O) groups excluding carboxylic acids is 3. The molecule has 12 heteroatoms. The molecule has 0 saturated heterocycles. The minimum Gasteiger partial charge on any atom is -0.494 e. The van der Waals surface area contributed by atoms with Gasteiger partial charge in [0.05, 0.1) is 24.5 Å². The third kappa shape index (κ3) is 11.5. The largest absolute Gasteiger partial charge is 0.494 e. The Morgan fingerprint density at radius 1 is 1.02 bits per heavy atom. The molecular formula is C33H48N4O7S. The van der Waals surface area contributed by atoms with Crippen LogP contribution in [0.25, 0.3) is 0 Å². The molecule has 11 nitrogen and oxygen atoms in total. The normalized spacial score (nSPS) is 13.4. The lowest BCUT2D eigenvalue weighted by molar-refractivity contribution is -0.146. The highest BCUT2D eigenvalue weighted by molar-refractivity contribution is 7.89. The van der Waals surface area contributed by atoms with Crippen LogP contribution in [0.3, 0.4) is 0 Å². The third-order valence-electron chi connectivity index (χ3n) is 7.85. The van der Waals surface area contributed by atoms with Crippen LogP contribution < -0.4 is 20.5 Å². The van der Waals surface area contributed by atoms with E-state index in [1.807, 2.05) is 6.07 Å². The average Bonchev–Trinajstić information content (AvgIpc) is 3.01. The number of nitrogens with zero attached hydrogens (tertiary/aromatic N) is 1. The van der Waals surface area contributed by atoms with Crippen molar-refractivity contribution in [3.63, 3.8) is 0 Å². The lowest BCUT2D eigenvalue weighted by Gasteiger charge is -2.18. The maximum absolute atomic E-state index is 13.3. The molecule has 0 amide bonds. The molecule has 2 heterocycles. The van der Waals surface area contributed by atoms with Crippen molar-refractivity contribution in [2.75, 3.05) is 38.7 Å². The first kappa shape index (κ1) is 36.1. The van der Waals surface area contributed by atoms with Gasteiger partial charge in [-0.05, 0) is 100 Å². The predicted molar refractivity (Wildman–Crippen MR) is 173 cm³/mol. The Morgan fingerprint density at radius 3 is 2.44 bits per heavy atom. The maximum atomic E-state index is 13.3. The minimum absolute atomic E-state index is 0.0905. The molecule has 1 aromatic heterocycles. The van der Waals surface area contributed by atoms with Crippen LogP contribution >= 0.6 is 0 Å². The second-order valence-corrected chi connectivity index (χ2v) is 13.3. The molecule has 0 saturated carbocycles. The smallest absolute Gasteiger partial charge is 0.310 e. The number of hydrogen-bond donors (Lipinski definition) is 3. The number of fused-ring (bicyclic) bond motifs is 1. The summed E-state index contributed by atoms with van der Waals surface area (Å²) in [4.78, 5) is 41.8. The van der Waals surface area contributed by atoms with Crippen molar-refractivity contribution in [2.24, 2.45) is 11.7 Å². The van der Waals surface area contributed by atoms with Crippen LogP contribution in [0.5, 0.6) is 5.75 Å². The first-order valence-electron chi connectivity index (χ1n) is 15.8. The number of nitrogens with two attached hydrogens (primary N) is 1. The van der Waals surface area contributed by atoms with E-state index in [0.29, 0.717) is 62.1 Å². The fourth-order valence-electron chi connectivity index (χ4n) is 5.50. The quantitative estimate of drug-likeness (QED) is 0.142. The number of nitrogens with one attached hydrogen (secondary N) is 2. The van der Waals surface area contributed by atoms with Gasteiger partial charge < -0.3 is 20.5 Å². The molecule has 0 fully saturated rings. The molecule has 1 atom stereocenters. The summed E-state index contributed by atoms with van der Waals surface area (Å²) in [5, 5.41) is 3.33. The molecule has 1 aliphatic heterocycles. The van der Waals surface area contributed by atoms with Gasteiger partial charge in [0.2, 0.25) is 10.0 Å². The van der Waals surface area contributed by atoms with Crippen molar-refractivity contribution in [1.82, 2.24) is 9.71 Å². The number of ether oxygens (including phenoxy) is 2. The van der Waals surface area contributed by atoms with Gasteiger partial charge in [0.25, 0.3) is 0 Å². The monoisotopic (exact) mass is 644 g/mol.